The molecule has 1 aliphatic heterocycles. The van der Waals surface area contributed by atoms with Crippen LogP contribution in [0.25, 0.3) is 11.1 Å². The van der Waals surface area contributed by atoms with Gasteiger partial charge in [0, 0.05) is 61.0 Å². The lowest BCUT2D eigenvalue weighted by Gasteiger charge is -2.62. The van der Waals surface area contributed by atoms with Crippen molar-refractivity contribution in [3.63, 3.8) is 0 Å². The molecule has 0 aromatic heterocycles. The fraction of sp³-hybridized carbons (Fsp3) is 0.545. The van der Waals surface area contributed by atoms with Gasteiger partial charge >= 0.3 is 0 Å². The molecule has 7 rings (SSSR count). The fourth-order valence-electron chi connectivity index (χ4n) is 9.57. The smallest absolute Gasteiger partial charge is 0.251 e. The Bertz CT molecular complexity index is 1800. The lowest BCUT2D eigenvalue weighted by atomic mass is 9.45. The second-order valence-corrected chi connectivity index (χ2v) is 16.8. The van der Waals surface area contributed by atoms with Crippen LogP contribution in [0.5, 0.6) is 5.75 Å². The molecule has 4 fully saturated rings. The van der Waals surface area contributed by atoms with Crippen molar-refractivity contribution in [2.75, 3.05) is 46.3 Å². The van der Waals surface area contributed by atoms with Crippen LogP contribution in [0.4, 0.5) is 5.69 Å². The number of hydrogen-bond donors (Lipinski definition) is 5. The number of anilines is 1. The summed E-state index contributed by atoms with van der Waals surface area (Å²) in [6, 6.07) is 20.8. The van der Waals surface area contributed by atoms with E-state index in [4.69, 9.17) is 9.57 Å². The lowest BCUT2D eigenvalue weighted by Crippen LogP contribution is -2.62. The molecule has 2 bridgehead atoms. The summed E-state index contributed by atoms with van der Waals surface area (Å²) in [5, 5.41) is 32.7. The van der Waals surface area contributed by atoms with Crippen molar-refractivity contribution in [2.45, 2.75) is 83.8 Å². The highest BCUT2D eigenvalue weighted by Gasteiger charge is 2.57. The Kier molecular flexibility index (Phi) is 12.6. The van der Waals surface area contributed by atoms with Gasteiger partial charge in [-0.15, -0.1) is 0 Å². The first-order valence-electron chi connectivity index (χ1n) is 19.8. The molecule has 4 aliphatic rings. The number of benzene rings is 3. The van der Waals surface area contributed by atoms with E-state index in [2.05, 4.69) is 48.9 Å². The monoisotopic (exact) mass is 755 g/mol. The van der Waals surface area contributed by atoms with Crippen LogP contribution in [0.3, 0.4) is 0 Å². The van der Waals surface area contributed by atoms with Crippen molar-refractivity contribution in [1.82, 2.24) is 21.0 Å². The Hall–Kier alpha value is -4.00. The van der Waals surface area contributed by atoms with Gasteiger partial charge in [-0.05, 0) is 85.7 Å². The minimum Gasteiger partial charge on any atom is -0.496 e. The number of para-hydroxylation sites is 1. The standard InChI is InChI=1S/C44H61N5O6/c1-26-36-21-32(44(36,3)4)22-37(26)47-43(53)40-39(27(2)51)38(25-50)55-49(40)24-29-15-12-16-35(41(29)54-8)30-18-31(20-34(19-30)48(6)7)42(52)46-33(23-45-5)17-28-13-10-9-11-14-28/h9-16,18-20,26-27,32-33,36-40,45,50-51H,17,21-25H2,1-8H3,(H,46,52)(H,47,53)/t26-,27-,32-,33-,36+,37-,38-,39+,40-/m0/s1. The number of nitrogens with zero attached hydrogens (tertiary/aromatic N) is 2. The van der Waals surface area contributed by atoms with Crippen LogP contribution in [0.2, 0.25) is 0 Å². The summed E-state index contributed by atoms with van der Waals surface area (Å²) in [5.41, 5.74) is 5.12. The summed E-state index contributed by atoms with van der Waals surface area (Å²) >= 11 is 0. The van der Waals surface area contributed by atoms with E-state index < -0.39 is 24.2 Å². The maximum atomic E-state index is 14.3. The number of hydrogen-bond acceptors (Lipinski definition) is 9. The van der Waals surface area contributed by atoms with Crippen LogP contribution < -0.4 is 25.6 Å². The van der Waals surface area contributed by atoms with E-state index in [0.717, 1.165) is 34.4 Å². The third-order valence-corrected chi connectivity index (χ3v) is 12.8. The Balaban J connectivity index is 1.28. The largest absolute Gasteiger partial charge is 0.496 e. The quantitative estimate of drug-likeness (QED) is 0.150. The van der Waals surface area contributed by atoms with E-state index in [-0.39, 0.29) is 42.5 Å². The Labute approximate surface area is 326 Å². The SMILES string of the molecule is CNC[C@H](Cc1ccccc1)NC(=O)c1cc(-c2cccc(CN3O[C@@H](CO)[C@@H]([C@H](C)O)[C@H]3C(=O)N[C@H]3C[C@@H]4C[C@H]([C@@H]3C)C4(C)C)c2OC)cc(N(C)C)c1. The molecule has 11 nitrogen and oxygen atoms in total. The summed E-state index contributed by atoms with van der Waals surface area (Å²) in [7, 11) is 7.37. The van der Waals surface area contributed by atoms with E-state index >= 15 is 0 Å². The average molecular weight is 756 g/mol. The number of aliphatic hydroxyl groups is 2. The summed E-state index contributed by atoms with van der Waals surface area (Å²) in [4.78, 5) is 36.4. The molecule has 1 saturated heterocycles. The highest BCUT2D eigenvalue weighted by Crippen LogP contribution is 2.61. The number of carbonyl (C=O) groups excluding carboxylic acids is 2. The highest BCUT2D eigenvalue weighted by atomic mass is 16.7. The molecular formula is C44H61N5O6. The van der Waals surface area contributed by atoms with Crippen LogP contribution in [-0.2, 0) is 22.6 Å². The second kappa shape index (κ2) is 17.0. The van der Waals surface area contributed by atoms with Gasteiger partial charge in [-0.3, -0.25) is 14.4 Å². The zero-order valence-corrected chi connectivity index (χ0v) is 33.7. The third-order valence-electron chi connectivity index (χ3n) is 12.8. The number of rotatable bonds is 15. The number of hydroxylamine groups is 2. The molecule has 5 N–H and O–H groups in total. The van der Waals surface area contributed by atoms with Gasteiger partial charge in [0.1, 0.15) is 17.9 Å². The zero-order chi connectivity index (χ0) is 39.6. The maximum Gasteiger partial charge on any atom is 0.251 e. The molecule has 0 radical (unpaired) electrons. The molecule has 0 spiro atoms. The third kappa shape index (κ3) is 8.42. The topological polar surface area (TPSA) is 136 Å². The highest BCUT2D eigenvalue weighted by molar-refractivity contribution is 5.97. The molecule has 298 valence electrons. The molecule has 55 heavy (non-hydrogen) atoms. The Morgan fingerprint density at radius 3 is 2.44 bits per heavy atom. The van der Waals surface area contributed by atoms with E-state index in [1.165, 1.54) is 6.42 Å². The number of aliphatic hydroxyl groups excluding tert-OH is 2. The predicted octanol–water partition coefficient (Wildman–Crippen LogP) is 4.65. The van der Waals surface area contributed by atoms with Gasteiger partial charge in [0.05, 0.1) is 26.4 Å². The lowest BCUT2D eigenvalue weighted by molar-refractivity contribution is -0.183. The summed E-state index contributed by atoms with van der Waals surface area (Å²) < 4.78 is 6.10. The molecule has 1 heterocycles. The Morgan fingerprint density at radius 1 is 1.07 bits per heavy atom. The maximum absolute atomic E-state index is 14.3. The number of likely N-dealkylation sites (N-methyl/N-ethyl adjacent to an activating group) is 1. The summed E-state index contributed by atoms with van der Waals surface area (Å²) in [6.45, 7) is 9.00. The van der Waals surface area contributed by atoms with Crippen molar-refractivity contribution < 1.29 is 29.4 Å². The molecule has 0 unspecified atom stereocenters. The van der Waals surface area contributed by atoms with Gasteiger partial charge in [0.2, 0.25) is 5.91 Å². The van der Waals surface area contributed by atoms with Gasteiger partial charge in [0.25, 0.3) is 5.91 Å². The molecule has 3 aliphatic carbocycles. The second-order valence-electron chi connectivity index (χ2n) is 16.8. The van der Waals surface area contributed by atoms with Crippen molar-refractivity contribution >= 4 is 17.5 Å². The molecule has 3 saturated carbocycles. The number of carbonyl (C=O) groups is 2. The molecule has 2 amide bonds. The predicted molar refractivity (Wildman–Crippen MR) is 216 cm³/mol. The number of amides is 2. The van der Waals surface area contributed by atoms with E-state index in [1.54, 1.807) is 19.1 Å². The van der Waals surface area contributed by atoms with Crippen LogP contribution in [0, 0.1) is 29.1 Å². The van der Waals surface area contributed by atoms with E-state index in [1.807, 2.05) is 80.6 Å². The molecule has 3 aromatic rings. The van der Waals surface area contributed by atoms with Crippen LogP contribution in [0.1, 0.15) is 62.0 Å². The molecule has 3 aromatic carbocycles. The minimum atomic E-state index is -0.902. The van der Waals surface area contributed by atoms with Crippen molar-refractivity contribution in [2.24, 2.45) is 29.1 Å². The summed E-state index contributed by atoms with van der Waals surface area (Å²) in [5.74, 6) is 1.01. The first-order chi connectivity index (χ1) is 26.3. The molecule has 9 atom stereocenters. The average Bonchev–Trinajstić information content (AvgIpc) is 3.54. The molecule has 11 heteroatoms. The number of fused-ring (bicyclic) bond motifs is 2. The normalized spacial score (nSPS) is 26.8. The summed E-state index contributed by atoms with van der Waals surface area (Å²) in [6.07, 6.45) is 1.16. The van der Waals surface area contributed by atoms with E-state index in [0.29, 0.717) is 42.0 Å². The van der Waals surface area contributed by atoms with Crippen LogP contribution in [-0.4, -0.2) is 98.8 Å². The van der Waals surface area contributed by atoms with Gasteiger partial charge < -0.3 is 35.8 Å². The minimum absolute atomic E-state index is 0.0361. The number of ether oxygens (including phenoxy) is 1. The first-order valence-corrected chi connectivity index (χ1v) is 19.8. The van der Waals surface area contributed by atoms with Gasteiger partial charge in [-0.25, -0.2) is 0 Å². The number of methoxy groups -OCH3 is 1. The van der Waals surface area contributed by atoms with Crippen molar-refractivity contribution in [3.8, 4) is 16.9 Å². The van der Waals surface area contributed by atoms with Crippen molar-refractivity contribution in [1.29, 1.82) is 0 Å². The van der Waals surface area contributed by atoms with Crippen LogP contribution in [0.15, 0.2) is 66.7 Å². The number of nitrogens with one attached hydrogen (secondary N) is 3. The van der Waals surface area contributed by atoms with Gasteiger partial charge in [-0.2, -0.15) is 5.06 Å². The first kappa shape index (κ1) is 40.7. The van der Waals surface area contributed by atoms with Gasteiger partial charge in [-0.1, -0.05) is 69.3 Å². The van der Waals surface area contributed by atoms with Gasteiger partial charge in [0.15, 0.2) is 0 Å². The van der Waals surface area contributed by atoms with Crippen LogP contribution >= 0.6 is 0 Å². The molecular weight excluding hydrogens is 695 g/mol. The Morgan fingerprint density at radius 2 is 1.82 bits per heavy atom. The fourth-order valence-corrected chi connectivity index (χ4v) is 9.57. The van der Waals surface area contributed by atoms with Crippen molar-refractivity contribution in [3.05, 3.63) is 83.4 Å². The van der Waals surface area contributed by atoms with E-state index in [9.17, 15) is 19.8 Å². The zero-order valence-electron chi connectivity index (χ0n) is 33.7.